The Kier molecular flexibility index (Phi) is 4.86. The van der Waals surface area contributed by atoms with E-state index in [-0.39, 0.29) is 0 Å². The quantitative estimate of drug-likeness (QED) is 0.623. The number of thiophene rings is 1. The Balaban J connectivity index is 1.41. The third-order valence-corrected chi connectivity index (χ3v) is 7.93. The molecule has 6 nitrogen and oxygen atoms in total. The Morgan fingerprint density at radius 3 is 2.77 bits per heavy atom. The summed E-state index contributed by atoms with van der Waals surface area (Å²) in [6.45, 7) is 3.41. The van der Waals surface area contributed by atoms with Crippen molar-refractivity contribution in [3.05, 3.63) is 35.0 Å². The van der Waals surface area contributed by atoms with Crippen LogP contribution >= 0.6 is 11.3 Å². The van der Waals surface area contributed by atoms with E-state index in [9.17, 15) is 4.79 Å². The van der Waals surface area contributed by atoms with Crippen molar-refractivity contribution in [2.45, 2.75) is 44.9 Å². The lowest BCUT2D eigenvalue weighted by atomic mass is 9.97. The summed E-state index contributed by atoms with van der Waals surface area (Å²) in [7, 11) is 0. The molecule has 2 aliphatic carbocycles. The van der Waals surface area contributed by atoms with E-state index in [1.54, 1.807) is 6.20 Å². The van der Waals surface area contributed by atoms with Gasteiger partial charge in [-0.15, -0.1) is 11.3 Å². The van der Waals surface area contributed by atoms with Gasteiger partial charge in [0, 0.05) is 54.9 Å². The van der Waals surface area contributed by atoms with Gasteiger partial charge in [-0.05, 0) is 62.6 Å². The zero-order valence-electron chi connectivity index (χ0n) is 17.7. The Morgan fingerprint density at radius 1 is 1.03 bits per heavy atom. The van der Waals surface area contributed by atoms with Crippen LogP contribution in [-0.4, -0.2) is 51.9 Å². The summed E-state index contributed by atoms with van der Waals surface area (Å²) in [4.78, 5) is 34.1. The van der Waals surface area contributed by atoms with E-state index in [2.05, 4.69) is 14.8 Å². The van der Waals surface area contributed by atoms with Crippen molar-refractivity contribution in [1.29, 1.82) is 0 Å². The molecule has 1 saturated carbocycles. The predicted octanol–water partition coefficient (Wildman–Crippen LogP) is 4.08. The summed E-state index contributed by atoms with van der Waals surface area (Å²) >= 11 is 1.85. The fourth-order valence-corrected chi connectivity index (χ4v) is 6.19. The summed E-state index contributed by atoms with van der Waals surface area (Å²) in [6.07, 6.45) is 11.5. The highest BCUT2D eigenvalue weighted by molar-refractivity contribution is 7.19. The van der Waals surface area contributed by atoms with E-state index < -0.39 is 0 Å². The number of aryl methyl sites for hydroxylation is 2. The molecule has 0 unspecified atom stereocenters. The van der Waals surface area contributed by atoms with Crippen molar-refractivity contribution in [2.75, 3.05) is 31.1 Å². The van der Waals surface area contributed by atoms with Crippen LogP contribution in [0.3, 0.4) is 0 Å². The van der Waals surface area contributed by atoms with E-state index in [1.165, 1.54) is 28.7 Å². The molecule has 31 heavy (non-hydrogen) atoms. The van der Waals surface area contributed by atoms with Crippen molar-refractivity contribution in [1.82, 2.24) is 19.9 Å². The van der Waals surface area contributed by atoms with Crippen LogP contribution in [0, 0.1) is 5.92 Å². The number of carbonyl (C=O) groups is 1. The Bertz CT molecular complexity index is 1120. The second-order valence-electron chi connectivity index (χ2n) is 8.94. The molecule has 1 aliphatic heterocycles. The Hall–Kier alpha value is -2.54. The molecule has 1 saturated heterocycles. The lowest BCUT2D eigenvalue weighted by Crippen LogP contribution is -2.36. The number of hydrogen-bond acceptors (Lipinski definition) is 6. The van der Waals surface area contributed by atoms with Gasteiger partial charge in [0.1, 0.15) is 10.6 Å². The minimum atomic E-state index is 0.290. The van der Waals surface area contributed by atoms with Gasteiger partial charge in [-0.25, -0.2) is 9.97 Å². The first-order valence-electron chi connectivity index (χ1n) is 11.5. The molecule has 160 valence electrons. The number of aromatic nitrogens is 3. The van der Waals surface area contributed by atoms with Gasteiger partial charge in [0.15, 0.2) is 5.82 Å². The SMILES string of the molecule is O=C(C1CC1)N1CCCN(c2nc(-c3cccnc3)nc3sc4c(c23)CCCC4)CC1. The fraction of sp³-hybridized carbons (Fsp3) is 0.500. The number of pyridine rings is 1. The summed E-state index contributed by atoms with van der Waals surface area (Å²) in [5.74, 6) is 2.46. The van der Waals surface area contributed by atoms with Gasteiger partial charge in [0.25, 0.3) is 0 Å². The fourth-order valence-electron chi connectivity index (χ4n) is 4.93. The number of amides is 1. The topological polar surface area (TPSA) is 62.2 Å². The van der Waals surface area contributed by atoms with Gasteiger partial charge in [0.05, 0.1) is 5.39 Å². The summed E-state index contributed by atoms with van der Waals surface area (Å²) < 4.78 is 0. The van der Waals surface area contributed by atoms with Crippen LogP contribution in [0.5, 0.6) is 0 Å². The second-order valence-corrected chi connectivity index (χ2v) is 10.0. The van der Waals surface area contributed by atoms with Gasteiger partial charge < -0.3 is 9.80 Å². The van der Waals surface area contributed by atoms with Gasteiger partial charge in [-0.2, -0.15) is 0 Å². The minimum Gasteiger partial charge on any atom is -0.354 e. The zero-order chi connectivity index (χ0) is 20.8. The molecular weight excluding hydrogens is 406 g/mol. The molecule has 7 heteroatoms. The van der Waals surface area contributed by atoms with E-state index >= 15 is 0 Å². The van der Waals surface area contributed by atoms with Crippen LogP contribution < -0.4 is 4.90 Å². The predicted molar refractivity (Wildman–Crippen MR) is 123 cm³/mol. The number of rotatable bonds is 3. The molecular formula is C24H27N5OS. The normalized spacial score (nSPS) is 19.4. The first-order valence-corrected chi connectivity index (χ1v) is 12.4. The van der Waals surface area contributed by atoms with Crippen LogP contribution in [0.15, 0.2) is 24.5 Å². The van der Waals surface area contributed by atoms with Crippen molar-refractivity contribution in [2.24, 2.45) is 5.92 Å². The first-order chi connectivity index (χ1) is 15.3. The Morgan fingerprint density at radius 2 is 1.94 bits per heavy atom. The lowest BCUT2D eigenvalue weighted by molar-refractivity contribution is -0.132. The molecule has 0 atom stereocenters. The third kappa shape index (κ3) is 3.59. The average Bonchev–Trinajstić information content (AvgIpc) is 3.62. The van der Waals surface area contributed by atoms with Crippen LogP contribution in [0.1, 0.15) is 42.5 Å². The smallest absolute Gasteiger partial charge is 0.225 e. The number of fused-ring (bicyclic) bond motifs is 3. The van der Waals surface area contributed by atoms with Crippen molar-refractivity contribution in [3.8, 4) is 11.4 Å². The van der Waals surface area contributed by atoms with E-state index in [0.717, 1.165) is 80.3 Å². The molecule has 0 bridgehead atoms. The molecule has 4 heterocycles. The summed E-state index contributed by atoms with van der Waals surface area (Å²) in [5.41, 5.74) is 2.42. The average molecular weight is 434 g/mol. The number of carbonyl (C=O) groups excluding carboxylic acids is 1. The first kappa shape index (κ1) is 19.2. The molecule has 0 N–H and O–H groups in total. The van der Waals surface area contributed by atoms with E-state index in [4.69, 9.17) is 9.97 Å². The standard InChI is InChI=1S/C24H27N5OS/c30-24(16-8-9-16)29-12-4-11-28(13-14-29)22-20-18-6-1-2-7-19(18)31-23(20)27-21(26-22)17-5-3-10-25-15-17/h3,5,10,15-16H,1-2,4,6-9,11-14H2. The minimum absolute atomic E-state index is 0.290. The van der Waals surface area contributed by atoms with Crippen LogP contribution in [0.2, 0.25) is 0 Å². The van der Waals surface area contributed by atoms with Gasteiger partial charge in [-0.1, -0.05) is 0 Å². The van der Waals surface area contributed by atoms with Crippen molar-refractivity contribution in [3.63, 3.8) is 0 Å². The largest absolute Gasteiger partial charge is 0.354 e. The number of anilines is 1. The monoisotopic (exact) mass is 433 g/mol. The van der Waals surface area contributed by atoms with Crippen molar-refractivity contribution >= 4 is 33.3 Å². The second kappa shape index (κ2) is 7.86. The van der Waals surface area contributed by atoms with Crippen molar-refractivity contribution < 1.29 is 4.79 Å². The molecule has 2 fully saturated rings. The molecule has 1 amide bonds. The molecule has 3 aromatic heterocycles. The molecule has 3 aromatic rings. The molecule has 0 spiro atoms. The van der Waals surface area contributed by atoms with Crippen LogP contribution in [-0.2, 0) is 17.6 Å². The van der Waals surface area contributed by atoms with Crippen LogP contribution in [0.25, 0.3) is 21.6 Å². The maximum absolute atomic E-state index is 12.6. The molecule has 0 aromatic carbocycles. The van der Waals surface area contributed by atoms with Crippen LogP contribution in [0.4, 0.5) is 5.82 Å². The number of nitrogens with zero attached hydrogens (tertiary/aromatic N) is 5. The zero-order valence-corrected chi connectivity index (χ0v) is 18.5. The van der Waals surface area contributed by atoms with E-state index in [0.29, 0.717) is 11.8 Å². The highest BCUT2D eigenvalue weighted by Crippen LogP contribution is 2.41. The highest BCUT2D eigenvalue weighted by Gasteiger charge is 2.34. The summed E-state index contributed by atoms with van der Waals surface area (Å²) in [6, 6.07) is 3.97. The van der Waals surface area contributed by atoms with Gasteiger partial charge in [0.2, 0.25) is 5.91 Å². The maximum atomic E-state index is 12.6. The maximum Gasteiger partial charge on any atom is 0.225 e. The van der Waals surface area contributed by atoms with Gasteiger partial charge >= 0.3 is 0 Å². The third-order valence-electron chi connectivity index (χ3n) is 6.75. The molecule has 6 rings (SSSR count). The lowest BCUT2D eigenvalue weighted by Gasteiger charge is -2.24. The highest BCUT2D eigenvalue weighted by atomic mass is 32.1. The van der Waals surface area contributed by atoms with E-state index in [1.807, 2.05) is 29.7 Å². The Labute approximate surface area is 186 Å². The summed E-state index contributed by atoms with van der Waals surface area (Å²) in [5, 5.41) is 1.26. The molecule has 3 aliphatic rings. The molecule has 0 radical (unpaired) electrons. The number of hydrogen-bond donors (Lipinski definition) is 0. The van der Waals surface area contributed by atoms with Gasteiger partial charge in [-0.3, -0.25) is 9.78 Å².